The normalized spacial score (nSPS) is 23.8. The van der Waals surface area contributed by atoms with E-state index in [2.05, 4.69) is 10.00 Å². The van der Waals surface area contributed by atoms with E-state index >= 15 is 0 Å². The highest BCUT2D eigenvalue weighted by Crippen LogP contribution is 2.22. The maximum atomic E-state index is 11.6. The Labute approximate surface area is 104 Å². The van der Waals surface area contributed by atoms with E-state index in [1.54, 1.807) is 13.1 Å². The van der Waals surface area contributed by atoms with Crippen LogP contribution in [-0.2, 0) is 29.5 Å². The van der Waals surface area contributed by atoms with Crippen LogP contribution in [0.3, 0.4) is 0 Å². The first-order valence-corrected chi connectivity index (χ1v) is 6.12. The molecule has 0 N–H and O–H groups in total. The molecule has 6 heteroatoms. The molecule has 1 fully saturated rings. The molecule has 2 aliphatic rings. The summed E-state index contributed by atoms with van der Waals surface area (Å²) in [5.41, 5.74) is 1.79. The molecule has 1 aromatic rings. The van der Waals surface area contributed by atoms with E-state index in [1.165, 1.54) is 4.68 Å². The smallest absolute Gasteiger partial charge is 0.323 e. The third-order valence-corrected chi connectivity index (χ3v) is 3.62. The van der Waals surface area contributed by atoms with Gasteiger partial charge in [0.1, 0.15) is 6.04 Å². The zero-order chi connectivity index (χ0) is 12.7. The number of cyclic esters (lactones) is 1. The number of nitrogens with zero attached hydrogens (tertiary/aromatic N) is 3. The zero-order valence-corrected chi connectivity index (χ0v) is 10.3. The van der Waals surface area contributed by atoms with Crippen molar-refractivity contribution in [2.24, 2.45) is 7.05 Å². The molecular weight excluding hydrogens is 234 g/mol. The van der Waals surface area contributed by atoms with E-state index < -0.39 is 0 Å². The molecule has 0 bridgehead atoms. The Morgan fingerprint density at radius 1 is 1.44 bits per heavy atom. The first kappa shape index (κ1) is 11.4. The van der Waals surface area contributed by atoms with Crippen LogP contribution < -0.4 is 5.56 Å². The van der Waals surface area contributed by atoms with E-state index in [9.17, 15) is 9.59 Å². The van der Waals surface area contributed by atoms with Gasteiger partial charge in [0.15, 0.2) is 0 Å². The first-order valence-electron chi connectivity index (χ1n) is 6.12. The second-order valence-corrected chi connectivity index (χ2v) is 4.77. The number of hydrogen-bond donors (Lipinski definition) is 0. The van der Waals surface area contributed by atoms with Crippen LogP contribution in [0.2, 0.25) is 0 Å². The molecule has 2 aliphatic heterocycles. The molecule has 0 spiro atoms. The molecule has 0 saturated carbocycles. The molecule has 0 amide bonds. The van der Waals surface area contributed by atoms with Gasteiger partial charge in [-0.15, -0.1) is 0 Å². The summed E-state index contributed by atoms with van der Waals surface area (Å²) in [6.07, 6.45) is 1.51. The SMILES string of the molecule is Cn1nc2c(cc1=O)CN(C1CCOC1=O)CC2. The number of carbonyl (C=O) groups excluding carboxylic acids is 1. The van der Waals surface area contributed by atoms with Gasteiger partial charge in [-0.3, -0.25) is 14.5 Å². The van der Waals surface area contributed by atoms with Crippen molar-refractivity contribution >= 4 is 5.97 Å². The van der Waals surface area contributed by atoms with Gasteiger partial charge < -0.3 is 4.74 Å². The molecule has 0 radical (unpaired) electrons. The molecule has 96 valence electrons. The van der Waals surface area contributed by atoms with E-state index in [0.717, 1.165) is 30.6 Å². The minimum absolute atomic E-state index is 0.107. The molecular formula is C12H15N3O3. The van der Waals surface area contributed by atoms with Crippen molar-refractivity contribution in [1.82, 2.24) is 14.7 Å². The topological polar surface area (TPSA) is 64.4 Å². The third kappa shape index (κ3) is 1.82. The van der Waals surface area contributed by atoms with Gasteiger partial charge in [0.2, 0.25) is 0 Å². The number of rotatable bonds is 1. The van der Waals surface area contributed by atoms with Gasteiger partial charge in [0.25, 0.3) is 5.56 Å². The summed E-state index contributed by atoms with van der Waals surface area (Å²) in [4.78, 5) is 25.2. The lowest BCUT2D eigenvalue weighted by Gasteiger charge is -2.30. The van der Waals surface area contributed by atoms with Crippen LogP contribution in [0.5, 0.6) is 0 Å². The predicted octanol–water partition coefficient (Wildman–Crippen LogP) is -0.546. The van der Waals surface area contributed by atoms with Crippen LogP contribution in [0.15, 0.2) is 10.9 Å². The predicted molar refractivity (Wildman–Crippen MR) is 63.0 cm³/mol. The molecule has 1 saturated heterocycles. The molecule has 1 unspecified atom stereocenters. The van der Waals surface area contributed by atoms with E-state index in [1.807, 2.05) is 0 Å². The lowest BCUT2D eigenvalue weighted by Crippen LogP contribution is -2.43. The summed E-state index contributed by atoms with van der Waals surface area (Å²) in [6, 6.07) is 1.47. The second-order valence-electron chi connectivity index (χ2n) is 4.77. The Kier molecular flexibility index (Phi) is 2.66. The van der Waals surface area contributed by atoms with Crippen LogP contribution in [0.25, 0.3) is 0 Å². The van der Waals surface area contributed by atoms with Crippen molar-refractivity contribution in [2.45, 2.75) is 25.4 Å². The lowest BCUT2D eigenvalue weighted by molar-refractivity contribution is -0.142. The Morgan fingerprint density at radius 3 is 3.00 bits per heavy atom. The van der Waals surface area contributed by atoms with Crippen LogP contribution in [0.1, 0.15) is 17.7 Å². The number of ether oxygens (including phenoxy) is 1. The Hall–Kier alpha value is -1.69. The van der Waals surface area contributed by atoms with Gasteiger partial charge in [-0.1, -0.05) is 0 Å². The van der Waals surface area contributed by atoms with E-state index in [0.29, 0.717) is 13.2 Å². The monoisotopic (exact) mass is 249 g/mol. The lowest BCUT2D eigenvalue weighted by atomic mass is 10.0. The van der Waals surface area contributed by atoms with Crippen LogP contribution in [-0.4, -0.2) is 39.8 Å². The molecule has 3 rings (SSSR count). The summed E-state index contributed by atoms with van der Waals surface area (Å²) in [7, 11) is 1.66. The number of hydrogen-bond acceptors (Lipinski definition) is 5. The fourth-order valence-electron chi connectivity index (χ4n) is 2.60. The molecule has 3 heterocycles. The minimum atomic E-state index is -0.151. The first-order chi connectivity index (χ1) is 8.65. The minimum Gasteiger partial charge on any atom is -0.464 e. The van der Waals surface area contributed by atoms with Gasteiger partial charge in [-0.05, 0) is 5.56 Å². The van der Waals surface area contributed by atoms with Crippen LogP contribution in [0, 0.1) is 0 Å². The Morgan fingerprint density at radius 2 is 2.28 bits per heavy atom. The van der Waals surface area contributed by atoms with Gasteiger partial charge >= 0.3 is 5.97 Å². The van der Waals surface area contributed by atoms with Crippen LogP contribution >= 0.6 is 0 Å². The number of fused-ring (bicyclic) bond motifs is 1. The largest absolute Gasteiger partial charge is 0.464 e. The van der Waals surface area contributed by atoms with Gasteiger partial charge in [-0.2, -0.15) is 5.10 Å². The number of carbonyl (C=O) groups is 1. The summed E-state index contributed by atoms with van der Waals surface area (Å²) in [5.74, 6) is -0.143. The summed E-state index contributed by atoms with van der Waals surface area (Å²) >= 11 is 0. The Balaban J connectivity index is 1.86. The molecule has 18 heavy (non-hydrogen) atoms. The highest BCUT2D eigenvalue weighted by molar-refractivity contribution is 5.77. The van der Waals surface area contributed by atoms with Gasteiger partial charge in [0, 0.05) is 39.0 Å². The van der Waals surface area contributed by atoms with Crippen molar-refractivity contribution in [1.29, 1.82) is 0 Å². The average molecular weight is 249 g/mol. The van der Waals surface area contributed by atoms with E-state index in [4.69, 9.17) is 4.74 Å². The summed E-state index contributed by atoms with van der Waals surface area (Å²) < 4.78 is 6.35. The number of aryl methyl sites for hydroxylation is 1. The Bertz CT molecular complexity index is 552. The van der Waals surface area contributed by atoms with Crippen molar-refractivity contribution in [3.05, 3.63) is 27.7 Å². The zero-order valence-electron chi connectivity index (χ0n) is 10.3. The van der Waals surface area contributed by atoms with Crippen molar-refractivity contribution in [2.75, 3.05) is 13.2 Å². The van der Waals surface area contributed by atoms with Gasteiger partial charge in [-0.25, -0.2) is 4.68 Å². The quantitative estimate of drug-likeness (QED) is 0.625. The maximum Gasteiger partial charge on any atom is 0.323 e. The second kappa shape index (κ2) is 4.20. The third-order valence-electron chi connectivity index (χ3n) is 3.62. The maximum absolute atomic E-state index is 11.6. The highest BCUT2D eigenvalue weighted by atomic mass is 16.5. The van der Waals surface area contributed by atoms with Crippen molar-refractivity contribution in [3.63, 3.8) is 0 Å². The molecule has 1 atom stereocenters. The molecule has 6 nitrogen and oxygen atoms in total. The summed E-state index contributed by atoms with van der Waals surface area (Å²) in [6.45, 7) is 1.90. The van der Waals surface area contributed by atoms with Crippen LogP contribution in [0.4, 0.5) is 0 Å². The molecule has 0 aromatic carbocycles. The molecule has 0 aliphatic carbocycles. The fourth-order valence-corrected chi connectivity index (χ4v) is 2.60. The molecule has 1 aromatic heterocycles. The summed E-state index contributed by atoms with van der Waals surface area (Å²) in [5, 5.41) is 4.25. The number of aromatic nitrogens is 2. The fraction of sp³-hybridized carbons (Fsp3) is 0.583. The van der Waals surface area contributed by atoms with Crippen molar-refractivity contribution in [3.8, 4) is 0 Å². The van der Waals surface area contributed by atoms with Crippen molar-refractivity contribution < 1.29 is 9.53 Å². The van der Waals surface area contributed by atoms with Gasteiger partial charge in [0.05, 0.1) is 12.3 Å². The van der Waals surface area contributed by atoms with E-state index in [-0.39, 0.29) is 17.6 Å². The average Bonchev–Trinajstić information content (AvgIpc) is 2.76. The standard InChI is InChI=1S/C12H15N3O3/c1-14-11(16)6-8-7-15(4-2-9(8)13-14)10-3-5-18-12(10)17/h6,10H,2-5,7H2,1H3. The number of esters is 1. The highest BCUT2D eigenvalue weighted by Gasteiger charge is 2.34.